The van der Waals surface area contributed by atoms with Crippen molar-refractivity contribution in [1.82, 2.24) is 20.0 Å². The van der Waals surface area contributed by atoms with E-state index in [1.807, 2.05) is 6.07 Å². The van der Waals surface area contributed by atoms with Crippen molar-refractivity contribution < 1.29 is 16.8 Å². The molecule has 1 fully saturated rings. The van der Waals surface area contributed by atoms with Gasteiger partial charge in [-0.2, -0.15) is 5.11 Å². The summed E-state index contributed by atoms with van der Waals surface area (Å²) >= 11 is 0. The van der Waals surface area contributed by atoms with E-state index in [0.717, 1.165) is 5.52 Å². The fourth-order valence-electron chi connectivity index (χ4n) is 4.08. The Morgan fingerprint density at radius 2 is 1.94 bits per heavy atom. The molecule has 172 valence electrons. The molecular formula is C19H20N8O4S2. The molecule has 3 aromatic rings. The van der Waals surface area contributed by atoms with Crippen LogP contribution >= 0.6 is 0 Å². The molecule has 0 saturated carbocycles. The quantitative estimate of drug-likeness (QED) is 0.395. The highest BCUT2D eigenvalue weighted by molar-refractivity contribution is 7.92. The van der Waals surface area contributed by atoms with Crippen LogP contribution in [-0.4, -0.2) is 58.4 Å². The molecule has 33 heavy (non-hydrogen) atoms. The van der Waals surface area contributed by atoms with Crippen molar-refractivity contribution in [2.75, 3.05) is 19.8 Å². The number of nitrogens with two attached hydrogens (primary N) is 1. The Morgan fingerprint density at radius 1 is 1.09 bits per heavy atom. The highest BCUT2D eigenvalue weighted by atomic mass is 32.2. The maximum Gasteiger partial charge on any atom is 0.242 e. The normalized spacial score (nSPS) is 18.8. The van der Waals surface area contributed by atoms with Crippen LogP contribution in [0.3, 0.4) is 0 Å². The summed E-state index contributed by atoms with van der Waals surface area (Å²) in [5.41, 5.74) is 2.20. The van der Waals surface area contributed by atoms with E-state index in [9.17, 15) is 16.8 Å². The Bertz CT molecular complexity index is 1520. The van der Waals surface area contributed by atoms with Gasteiger partial charge in [0.15, 0.2) is 12.5 Å². The number of H-pyrrole nitrogens is 1. The number of amidine groups is 1. The fourth-order valence-corrected chi connectivity index (χ4v) is 6.96. The van der Waals surface area contributed by atoms with Crippen LogP contribution in [-0.2, 0) is 20.0 Å². The Balaban J connectivity index is 1.81. The van der Waals surface area contributed by atoms with Crippen LogP contribution in [0.15, 0.2) is 61.7 Å². The number of rotatable bonds is 6. The zero-order chi connectivity index (χ0) is 23.2. The molecule has 0 radical (unpaired) electrons. The van der Waals surface area contributed by atoms with Crippen LogP contribution < -0.4 is 15.2 Å². The average molecular weight is 489 g/mol. The lowest BCUT2D eigenvalue weighted by molar-refractivity contribution is 0.555. The number of primary sulfonamides is 1. The molecule has 1 saturated heterocycles. The molecule has 0 unspecified atom stereocenters. The molecule has 5 rings (SSSR count). The molecular weight excluding hydrogens is 468 g/mol. The maximum atomic E-state index is 13.3. The minimum Gasteiger partial charge on any atom is -0.345 e. The molecule has 1 atom stereocenters. The number of sulfonamides is 2. The lowest BCUT2D eigenvalue weighted by Gasteiger charge is -2.19. The van der Waals surface area contributed by atoms with Gasteiger partial charge in [-0.15, -0.1) is 5.11 Å². The highest BCUT2D eigenvalue weighted by Crippen LogP contribution is 2.37. The van der Waals surface area contributed by atoms with Crippen molar-refractivity contribution in [3.63, 3.8) is 0 Å². The number of fused-ring (bicyclic) bond motifs is 1. The lowest BCUT2D eigenvalue weighted by Crippen LogP contribution is -2.37. The molecule has 14 heteroatoms. The van der Waals surface area contributed by atoms with Crippen molar-refractivity contribution in [1.29, 1.82) is 0 Å². The number of nitrogens with one attached hydrogen (secondary N) is 3. The first kappa shape index (κ1) is 21.8. The van der Waals surface area contributed by atoms with Gasteiger partial charge < -0.3 is 10.3 Å². The van der Waals surface area contributed by atoms with Crippen LogP contribution in [0.2, 0.25) is 0 Å². The van der Waals surface area contributed by atoms with E-state index in [2.05, 4.69) is 35.2 Å². The predicted octanol–water partition coefficient (Wildman–Crippen LogP) is 0.687. The first-order valence-corrected chi connectivity index (χ1v) is 13.1. The summed E-state index contributed by atoms with van der Waals surface area (Å²) in [7, 11) is -8.77. The molecule has 5 N–H and O–H groups in total. The molecule has 0 spiro atoms. The SMILES string of the molecule is NS(=O)(=O)c1c(S(=O)(=O)N[C@@H]2CCNC2)ccc(-c2cccc3[nH]cnc23)c1C1=NCN=N1. The minimum atomic E-state index is -4.53. The number of aromatic nitrogens is 2. The van der Waals surface area contributed by atoms with Crippen LogP contribution in [0.5, 0.6) is 0 Å². The minimum absolute atomic E-state index is 0.00555. The van der Waals surface area contributed by atoms with E-state index < -0.39 is 29.8 Å². The number of para-hydroxylation sites is 1. The second-order valence-corrected chi connectivity index (χ2v) is 10.8. The van der Waals surface area contributed by atoms with E-state index in [0.29, 0.717) is 36.2 Å². The third-order valence-electron chi connectivity index (χ3n) is 5.49. The Kier molecular flexibility index (Phi) is 5.33. The number of aromatic amines is 1. The summed E-state index contributed by atoms with van der Waals surface area (Å²) in [4.78, 5) is 10.5. The third kappa shape index (κ3) is 3.95. The second-order valence-electron chi connectivity index (χ2n) is 7.64. The molecule has 0 amide bonds. The number of nitrogens with zero attached hydrogens (tertiary/aromatic N) is 4. The summed E-state index contributed by atoms with van der Waals surface area (Å²) < 4.78 is 54.8. The summed E-state index contributed by atoms with van der Waals surface area (Å²) in [6.07, 6.45) is 2.09. The van der Waals surface area contributed by atoms with Crippen LogP contribution in [0, 0.1) is 0 Å². The van der Waals surface area contributed by atoms with Gasteiger partial charge in [0.1, 0.15) is 9.79 Å². The number of azo groups is 1. The Hall–Kier alpha value is -3.04. The largest absolute Gasteiger partial charge is 0.345 e. The van der Waals surface area contributed by atoms with E-state index in [4.69, 9.17) is 5.14 Å². The van der Waals surface area contributed by atoms with Crippen LogP contribution in [0.1, 0.15) is 12.0 Å². The van der Waals surface area contributed by atoms with Crippen molar-refractivity contribution in [2.45, 2.75) is 22.3 Å². The van der Waals surface area contributed by atoms with E-state index in [-0.39, 0.29) is 24.1 Å². The van der Waals surface area contributed by atoms with Gasteiger partial charge >= 0.3 is 0 Å². The predicted molar refractivity (Wildman–Crippen MR) is 121 cm³/mol. The van der Waals surface area contributed by atoms with E-state index >= 15 is 0 Å². The van der Waals surface area contributed by atoms with Crippen molar-refractivity contribution in [3.05, 3.63) is 42.2 Å². The summed E-state index contributed by atoms with van der Waals surface area (Å²) in [5, 5.41) is 16.4. The van der Waals surface area contributed by atoms with Gasteiger partial charge in [-0.25, -0.2) is 36.7 Å². The topological polar surface area (TPSA) is 184 Å². The number of aliphatic imine (C=N–C) groups is 1. The number of hydrogen-bond acceptors (Lipinski definition) is 9. The van der Waals surface area contributed by atoms with Crippen LogP contribution in [0.25, 0.3) is 22.2 Å². The molecule has 0 bridgehead atoms. The van der Waals surface area contributed by atoms with Gasteiger partial charge in [0, 0.05) is 18.2 Å². The fraction of sp³-hybridized carbons (Fsp3) is 0.263. The number of benzene rings is 2. The van der Waals surface area contributed by atoms with Crippen molar-refractivity contribution in [2.24, 2.45) is 20.4 Å². The zero-order valence-electron chi connectivity index (χ0n) is 17.2. The summed E-state index contributed by atoms with van der Waals surface area (Å²) in [5.74, 6) is -0.0128. The second kappa shape index (κ2) is 8.07. The molecule has 2 aliphatic rings. The lowest BCUT2D eigenvalue weighted by atomic mass is 9.97. The van der Waals surface area contributed by atoms with Gasteiger partial charge in [0.05, 0.1) is 22.9 Å². The first-order chi connectivity index (χ1) is 15.8. The van der Waals surface area contributed by atoms with Gasteiger partial charge in [0.25, 0.3) is 0 Å². The Labute approximate surface area is 189 Å². The number of imidazole rings is 1. The van der Waals surface area contributed by atoms with Gasteiger partial charge in [-0.05, 0) is 30.7 Å². The van der Waals surface area contributed by atoms with Gasteiger partial charge in [0.2, 0.25) is 20.0 Å². The maximum absolute atomic E-state index is 13.3. The van der Waals surface area contributed by atoms with Gasteiger partial charge in [-0.1, -0.05) is 18.2 Å². The highest BCUT2D eigenvalue weighted by Gasteiger charge is 2.34. The first-order valence-electron chi connectivity index (χ1n) is 10.0. The third-order valence-corrected chi connectivity index (χ3v) is 8.18. The molecule has 0 aliphatic carbocycles. The molecule has 2 aromatic carbocycles. The molecule has 2 aliphatic heterocycles. The standard InChI is InChI=1S/C19H20N8O4S2/c20-32(28,29)18-15(33(30,31)27-11-6-7-21-8-11)5-4-12(16(18)19-24-10-25-26-19)13-2-1-3-14-17(13)23-9-22-14/h1-5,9,11,21,27H,6-8,10H2,(H,22,23)(H2,20,28,29)/t11-/m1/s1. The smallest absolute Gasteiger partial charge is 0.242 e. The molecule has 12 nitrogen and oxygen atoms in total. The van der Waals surface area contributed by atoms with Crippen molar-refractivity contribution >= 4 is 36.9 Å². The number of hydrogen-bond donors (Lipinski definition) is 4. The molecule has 3 heterocycles. The van der Waals surface area contributed by atoms with Gasteiger partial charge in [-0.3, -0.25) is 0 Å². The average Bonchev–Trinajstić information content (AvgIpc) is 3.53. The van der Waals surface area contributed by atoms with Crippen LogP contribution in [0.4, 0.5) is 0 Å². The monoisotopic (exact) mass is 488 g/mol. The molecule has 1 aromatic heterocycles. The van der Waals surface area contributed by atoms with E-state index in [1.165, 1.54) is 18.5 Å². The zero-order valence-corrected chi connectivity index (χ0v) is 18.8. The van der Waals surface area contributed by atoms with E-state index in [1.54, 1.807) is 12.1 Å². The Morgan fingerprint density at radius 3 is 2.64 bits per heavy atom. The summed E-state index contributed by atoms with van der Waals surface area (Å²) in [6.45, 7) is 1.09. The summed E-state index contributed by atoms with van der Waals surface area (Å²) in [6, 6.07) is 7.73. The van der Waals surface area contributed by atoms with Crippen molar-refractivity contribution in [3.8, 4) is 11.1 Å².